The molecule has 1 fully saturated rings. The number of aromatic nitrogens is 1. The van der Waals surface area contributed by atoms with Crippen LogP contribution < -0.4 is 5.32 Å². The van der Waals surface area contributed by atoms with Crippen molar-refractivity contribution in [3.63, 3.8) is 0 Å². The van der Waals surface area contributed by atoms with Crippen LogP contribution in [0.5, 0.6) is 0 Å². The van der Waals surface area contributed by atoms with Crippen molar-refractivity contribution in [1.82, 2.24) is 9.88 Å². The standard InChI is InChI=1S/C13H22N2O/c1-10-7-12(8-14-3)11(2)15(10)9-13-5-4-6-16-13/h7,13-14H,4-6,8-9H2,1-3H3. The lowest BCUT2D eigenvalue weighted by molar-refractivity contribution is 0.0961. The van der Waals surface area contributed by atoms with Crippen LogP contribution in [-0.2, 0) is 17.8 Å². The largest absolute Gasteiger partial charge is 0.376 e. The Hall–Kier alpha value is -0.800. The van der Waals surface area contributed by atoms with E-state index in [1.54, 1.807) is 0 Å². The van der Waals surface area contributed by atoms with Gasteiger partial charge in [-0.1, -0.05) is 0 Å². The fourth-order valence-corrected chi connectivity index (χ4v) is 2.51. The van der Waals surface area contributed by atoms with E-state index in [4.69, 9.17) is 4.74 Å². The molecule has 1 aromatic heterocycles. The van der Waals surface area contributed by atoms with Gasteiger partial charge in [0.1, 0.15) is 0 Å². The summed E-state index contributed by atoms with van der Waals surface area (Å²) >= 11 is 0. The van der Waals surface area contributed by atoms with E-state index in [1.807, 2.05) is 7.05 Å². The molecule has 0 saturated carbocycles. The lowest BCUT2D eigenvalue weighted by atomic mass is 10.2. The normalized spacial score (nSPS) is 20.6. The third-order valence-electron chi connectivity index (χ3n) is 3.46. The topological polar surface area (TPSA) is 26.2 Å². The van der Waals surface area contributed by atoms with Crippen LogP contribution in [-0.4, -0.2) is 24.3 Å². The second-order valence-corrected chi connectivity index (χ2v) is 4.67. The van der Waals surface area contributed by atoms with Gasteiger partial charge < -0.3 is 14.6 Å². The van der Waals surface area contributed by atoms with Crippen molar-refractivity contribution in [1.29, 1.82) is 0 Å². The molecular weight excluding hydrogens is 200 g/mol. The monoisotopic (exact) mass is 222 g/mol. The lowest BCUT2D eigenvalue weighted by Crippen LogP contribution is -2.17. The molecule has 1 saturated heterocycles. The molecule has 0 aromatic carbocycles. The minimum Gasteiger partial charge on any atom is -0.376 e. The van der Waals surface area contributed by atoms with Crippen molar-refractivity contribution < 1.29 is 4.74 Å². The second kappa shape index (κ2) is 5.02. The number of nitrogens with zero attached hydrogens (tertiary/aromatic N) is 1. The number of nitrogens with one attached hydrogen (secondary N) is 1. The molecule has 1 aliphatic rings. The summed E-state index contributed by atoms with van der Waals surface area (Å²) in [4.78, 5) is 0. The molecular formula is C13H22N2O. The third-order valence-corrected chi connectivity index (χ3v) is 3.46. The number of hydrogen-bond donors (Lipinski definition) is 1. The summed E-state index contributed by atoms with van der Waals surface area (Å²) in [6, 6.07) is 2.28. The van der Waals surface area contributed by atoms with Crippen molar-refractivity contribution in [3.05, 3.63) is 23.0 Å². The highest BCUT2D eigenvalue weighted by Crippen LogP contribution is 2.20. The maximum atomic E-state index is 5.70. The van der Waals surface area contributed by atoms with Crippen LogP contribution in [0, 0.1) is 13.8 Å². The van der Waals surface area contributed by atoms with E-state index in [9.17, 15) is 0 Å². The Balaban J connectivity index is 2.12. The number of aryl methyl sites for hydroxylation is 1. The van der Waals surface area contributed by atoms with Gasteiger partial charge in [-0.05, 0) is 45.4 Å². The summed E-state index contributed by atoms with van der Waals surface area (Å²) in [6.07, 6.45) is 2.85. The molecule has 1 N–H and O–H groups in total. The van der Waals surface area contributed by atoms with Crippen molar-refractivity contribution >= 4 is 0 Å². The molecule has 3 nitrogen and oxygen atoms in total. The summed E-state index contributed by atoms with van der Waals surface area (Å²) in [5.74, 6) is 0. The Labute approximate surface area is 97.8 Å². The van der Waals surface area contributed by atoms with E-state index in [2.05, 4.69) is 29.8 Å². The van der Waals surface area contributed by atoms with Gasteiger partial charge in [-0.3, -0.25) is 0 Å². The average molecular weight is 222 g/mol. The van der Waals surface area contributed by atoms with Crippen LogP contribution in [0.25, 0.3) is 0 Å². The Morgan fingerprint density at radius 3 is 2.94 bits per heavy atom. The van der Waals surface area contributed by atoms with Crippen LogP contribution in [0.3, 0.4) is 0 Å². The molecule has 1 unspecified atom stereocenters. The number of rotatable bonds is 4. The highest BCUT2D eigenvalue weighted by Gasteiger charge is 2.18. The molecule has 0 spiro atoms. The van der Waals surface area contributed by atoms with E-state index < -0.39 is 0 Å². The van der Waals surface area contributed by atoms with Gasteiger partial charge >= 0.3 is 0 Å². The van der Waals surface area contributed by atoms with Crippen LogP contribution in [0.15, 0.2) is 6.07 Å². The molecule has 0 bridgehead atoms. The van der Waals surface area contributed by atoms with Crippen molar-refractivity contribution in [2.24, 2.45) is 0 Å². The molecule has 0 aliphatic carbocycles. The molecule has 2 rings (SSSR count). The van der Waals surface area contributed by atoms with E-state index in [0.717, 1.165) is 19.7 Å². The maximum Gasteiger partial charge on any atom is 0.0754 e. The third kappa shape index (κ3) is 2.30. The summed E-state index contributed by atoms with van der Waals surface area (Å²) < 4.78 is 8.09. The molecule has 2 heterocycles. The Kier molecular flexibility index (Phi) is 3.66. The summed E-state index contributed by atoms with van der Waals surface area (Å²) in [6.45, 7) is 7.29. The molecule has 16 heavy (non-hydrogen) atoms. The number of ether oxygens (including phenoxy) is 1. The molecule has 1 aliphatic heterocycles. The van der Waals surface area contributed by atoms with Crippen molar-refractivity contribution in [2.75, 3.05) is 13.7 Å². The smallest absolute Gasteiger partial charge is 0.0754 e. The fourth-order valence-electron chi connectivity index (χ4n) is 2.51. The van der Waals surface area contributed by atoms with E-state index in [0.29, 0.717) is 6.10 Å². The SMILES string of the molecule is CNCc1cc(C)n(CC2CCCO2)c1C. The van der Waals surface area contributed by atoms with Crippen molar-refractivity contribution in [2.45, 2.75) is 45.9 Å². The Morgan fingerprint density at radius 2 is 2.31 bits per heavy atom. The van der Waals surface area contributed by atoms with E-state index >= 15 is 0 Å². The highest BCUT2D eigenvalue weighted by molar-refractivity contribution is 5.26. The summed E-state index contributed by atoms with van der Waals surface area (Å²) in [5.41, 5.74) is 4.12. The van der Waals surface area contributed by atoms with Crippen LogP contribution in [0.2, 0.25) is 0 Å². The van der Waals surface area contributed by atoms with Gasteiger partial charge in [-0.25, -0.2) is 0 Å². The molecule has 3 heteroatoms. The molecule has 0 amide bonds. The molecule has 0 radical (unpaired) electrons. The second-order valence-electron chi connectivity index (χ2n) is 4.67. The zero-order chi connectivity index (χ0) is 11.5. The van der Waals surface area contributed by atoms with Gasteiger partial charge in [0.05, 0.1) is 6.10 Å². The summed E-state index contributed by atoms with van der Waals surface area (Å²) in [5, 5.41) is 3.21. The van der Waals surface area contributed by atoms with Gasteiger partial charge in [0.15, 0.2) is 0 Å². The van der Waals surface area contributed by atoms with Gasteiger partial charge in [0.25, 0.3) is 0 Å². The predicted molar refractivity (Wildman–Crippen MR) is 65.6 cm³/mol. The quantitative estimate of drug-likeness (QED) is 0.843. The van der Waals surface area contributed by atoms with E-state index in [-0.39, 0.29) is 0 Å². The van der Waals surface area contributed by atoms with Gasteiger partial charge in [0.2, 0.25) is 0 Å². The zero-order valence-electron chi connectivity index (χ0n) is 10.5. The Morgan fingerprint density at radius 1 is 1.50 bits per heavy atom. The van der Waals surface area contributed by atoms with Gasteiger partial charge in [-0.15, -0.1) is 0 Å². The highest BCUT2D eigenvalue weighted by atomic mass is 16.5. The molecule has 1 aromatic rings. The number of hydrogen-bond acceptors (Lipinski definition) is 2. The fraction of sp³-hybridized carbons (Fsp3) is 0.692. The van der Waals surface area contributed by atoms with Gasteiger partial charge in [0, 0.05) is 31.1 Å². The lowest BCUT2D eigenvalue weighted by Gasteiger charge is -2.14. The molecule has 90 valence electrons. The minimum atomic E-state index is 0.423. The average Bonchev–Trinajstić information content (AvgIpc) is 2.84. The predicted octanol–water partition coefficient (Wildman–Crippen LogP) is 2.00. The first-order chi connectivity index (χ1) is 7.72. The molecule has 1 atom stereocenters. The van der Waals surface area contributed by atoms with Crippen LogP contribution in [0.4, 0.5) is 0 Å². The first kappa shape index (κ1) is 11.7. The van der Waals surface area contributed by atoms with Gasteiger partial charge in [-0.2, -0.15) is 0 Å². The summed E-state index contributed by atoms with van der Waals surface area (Å²) in [7, 11) is 1.99. The minimum absolute atomic E-state index is 0.423. The Bertz CT molecular complexity index is 351. The van der Waals surface area contributed by atoms with Crippen LogP contribution in [0.1, 0.15) is 29.8 Å². The first-order valence-electron chi connectivity index (χ1n) is 6.14. The first-order valence-corrected chi connectivity index (χ1v) is 6.14. The van der Waals surface area contributed by atoms with E-state index in [1.165, 1.54) is 29.8 Å². The maximum absolute atomic E-state index is 5.70. The van der Waals surface area contributed by atoms with Crippen LogP contribution >= 0.6 is 0 Å². The van der Waals surface area contributed by atoms with Crippen molar-refractivity contribution in [3.8, 4) is 0 Å². The zero-order valence-corrected chi connectivity index (χ0v) is 10.5.